The summed E-state index contributed by atoms with van der Waals surface area (Å²) >= 11 is 0. The van der Waals surface area contributed by atoms with E-state index >= 15 is 0 Å². The molecular formula is C24H28N6O2. The number of anilines is 1. The van der Waals surface area contributed by atoms with Crippen molar-refractivity contribution in [3.8, 4) is 11.3 Å². The van der Waals surface area contributed by atoms with Crippen LogP contribution in [0.2, 0.25) is 0 Å². The van der Waals surface area contributed by atoms with E-state index < -0.39 is 0 Å². The Morgan fingerprint density at radius 1 is 1.16 bits per heavy atom. The lowest BCUT2D eigenvalue weighted by atomic mass is 10.1. The van der Waals surface area contributed by atoms with E-state index in [1.165, 1.54) is 0 Å². The molecule has 0 unspecified atom stereocenters. The average molecular weight is 433 g/mol. The number of amides is 1. The van der Waals surface area contributed by atoms with Crippen molar-refractivity contribution in [2.75, 3.05) is 18.4 Å². The van der Waals surface area contributed by atoms with Crippen molar-refractivity contribution in [1.82, 2.24) is 25.2 Å². The van der Waals surface area contributed by atoms with Gasteiger partial charge in [-0.1, -0.05) is 12.1 Å². The molecule has 6 rings (SSSR count). The summed E-state index contributed by atoms with van der Waals surface area (Å²) in [5.74, 6) is 0.590. The molecule has 3 aromatic rings. The lowest BCUT2D eigenvalue weighted by Gasteiger charge is -2.27. The van der Waals surface area contributed by atoms with Gasteiger partial charge in [-0.15, -0.1) is 0 Å². The van der Waals surface area contributed by atoms with Crippen LogP contribution in [0.4, 0.5) is 5.95 Å². The van der Waals surface area contributed by atoms with Gasteiger partial charge in [-0.25, -0.2) is 4.98 Å². The van der Waals surface area contributed by atoms with Gasteiger partial charge < -0.3 is 20.9 Å². The average Bonchev–Trinajstić information content (AvgIpc) is 3.26. The standard InChI is InChI=1S/C24H28N6O2/c1-13-19-17(21(31)26-13)12-18(28-19)15-4-3-5-16-20(15)29-23(27-14-6-10-25-11-7-14)30(22(16)32)24(2)8-9-24/h3-5,12-14,25,28H,6-11H2,1-2H3,(H,26,31)(H,27,29)/t13-/m1/s1. The first-order valence-electron chi connectivity index (χ1n) is 11.5. The largest absolute Gasteiger partial charge is 0.356 e. The minimum Gasteiger partial charge on any atom is -0.356 e. The number of carbonyl (C=O) groups excluding carboxylic acids is 1. The highest BCUT2D eigenvalue weighted by Gasteiger charge is 2.42. The molecular weight excluding hydrogens is 404 g/mol. The molecule has 4 N–H and O–H groups in total. The lowest BCUT2D eigenvalue weighted by Crippen LogP contribution is -2.39. The lowest BCUT2D eigenvalue weighted by molar-refractivity contribution is 0.0958. The summed E-state index contributed by atoms with van der Waals surface area (Å²) in [6, 6.07) is 7.83. The second kappa shape index (κ2) is 6.93. The van der Waals surface area contributed by atoms with Crippen LogP contribution >= 0.6 is 0 Å². The summed E-state index contributed by atoms with van der Waals surface area (Å²) in [6.45, 7) is 6.02. The number of H-pyrrole nitrogens is 1. The van der Waals surface area contributed by atoms with Crippen LogP contribution in [-0.2, 0) is 5.54 Å². The number of fused-ring (bicyclic) bond motifs is 2. The first kappa shape index (κ1) is 19.5. The van der Waals surface area contributed by atoms with Crippen molar-refractivity contribution in [3.63, 3.8) is 0 Å². The molecule has 0 spiro atoms. The van der Waals surface area contributed by atoms with Crippen LogP contribution in [0.3, 0.4) is 0 Å². The SMILES string of the molecule is C[C@H]1NC(=O)c2cc(-c3cccc4c(=O)n(C5(C)CC5)c(NC5CCNCC5)nc34)[nH]c21. The summed E-state index contributed by atoms with van der Waals surface area (Å²) in [4.78, 5) is 34.4. The number of rotatable bonds is 4. The zero-order valence-electron chi connectivity index (χ0n) is 18.4. The van der Waals surface area contributed by atoms with Gasteiger partial charge in [0.1, 0.15) is 0 Å². The number of nitrogens with zero attached hydrogens (tertiary/aromatic N) is 2. The maximum absolute atomic E-state index is 13.7. The number of aromatic amines is 1. The van der Waals surface area contributed by atoms with Gasteiger partial charge >= 0.3 is 0 Å². The number of carbonyl (C=O) groups is 1. The second-order valence-electron chi connectivity index (χ2n) is 9.65. The van der Waals surface area contributed by atoms with Crippen LogP contribution < -0.4 is 21.5 Å². The monoisotopic (exact) mass is 432 g/mol. The summed E-state index contributed by atoms with van der Waals surface area (Å²) in [7, 11) is 0. The normalized spacial score (nSPS) is 22.1. The number of aromatic nitrogens is 3. The summed E-state index contributed by atoms with van der Waals surface area (Å²) in [5, 5.41) is 10.5. The highest BCUT2D eigenvalue weighted by Crippen LogP contribution is 2.44. The number of nitrogens with one attached hydrogen (secondary N) is 4. The molecule has 0 radical (unpaired) electrons. The van der Waals surface area contributed by atoms with Gasteiger partial charge in [0, 0.05) is 22.8 Å². The molecule has 2 aliphatic heterocycles. The van der Waals surface area contributed by atoms with Gasteiger partial charge in [0.2, 0.25) is 5.95 Å². The van der Waals surface area contributed by atoms with Crippen molar-refractivity contribution in [2.24, 2.45) is 0 Å². The molecule has 32 heavy (non-hydrogen) atoms. The molecule has 1 aromatic carbocycles. The quantitative estimate of drug-likeness (QED) is 0.508. The van der Waals surface area contributed by atoms with Crippen LogP contribution in [-0.4, -0.2) is 39.6 Å². The Hall–Kier alpha value is -3.13. The van der Waals surface area contributed by atoms with E-state index in [1.54, 1.807) is 0 Å². The number of hydrogen-bond donors (Lipinski definition) is 4. The van der Waals surface area contributed by atoms with Crippen molar-refractivity contribution in [2.45, 2.75) is 57.2 Å². The first-order chi connectivity index (χ1) is 15.4. The van der Waals surface area contributed by atoms with Gasteiger partial charge in [0.05, 0.1) is 28.2 Å². The summed E-state index contributed by atoms with van der Waals surface area (Å²) < 4.78 is 1.88. The molecule has 1 saturated carbocycles. The summed E-state index contributed by atoms with van der Waals surface area (Å²) in [6.07, 6.45) is 3.97. The number of benzene rings is 1. The number of piperidine rings is 1. The molecule has 1 atom stereocenters. The van der Waals surface area contributed by atoms with Crippen molar-refractivity contribution >= 4 is 22.8 Å². The van der Waals surface area contributed by atoms with Gasteiger partial charge in [-0.05, 0) is 64.8 Å². The van der Waals surface area contributed by atoms with Crippen molar-refractivity contribution < 1.29 is 4.79 Å². The van der Waals surface area contributed by atoms with Crippen LogP contribution in [0.5, 0.6) is 0 Å². The highest BCUT2D eigenvalue weighted by atomic mass is 16.2. The van der Waals surface area contributed by atoms with E-state index in [1.807, 2.05) is 35.8 Å². The van der Waals surface area contributed by atoms with E-state index in [9.17, 15) is 9.59 Å². The minimum atomic E-state index is -0.176. The second-order valence-corrected chi connectivity index (χ2v) is 9.65. The Kier molecular flexibility index (Phi) is 4.24. The van der Waals surface area contributed by atoms with Crippen LogP contribution in [0.15, 0.2) is 29.1 Å². The van der Waals surface area contributed by atoms with Crippen LogP contribution in [0, 0.1) is 0 Å². The maximum atomic E-state index is 13.7. The molecule has 2 aromatic heterocycles. The van der Waals surface area contributed by atoms with E-state index in [0.717, 1.165) is 55.7 Å². The maximum Gasteiger partial charge on any atom is 0.263 e. The molecule has 8 nitrogen and oxygen atoms in total. The van der Waals surface area contributed by atoms with Crippen LogP contribution in [0.25, 0.3) is 22.2 Å². The third kappa shape index (κ3) is 2.97. The zero-order chi connectivity index (χ0) is 22.0. The van der Waals surface area contributed by atoms with Gasteiger partial charge in [-0.2, -0.15) is 0 Å². The minimum absolute atomic E-state index is 0.00140. The van der Waals surface area contributed by atoms with Crippen LogP contribution in [0.1, 0.15) is 61.6 Å². The van der Waals surface area contributed by atoms with Crippen molar-refractivity contribution in [3.05, 3.63) is 45.9 Å². The summed E-state index contributed by atoms with van der Waals surface area (Å²) in [5.41, 5.74) is 3.70. The molecule has 3 aliphatic rings. The van der Waals surface area contributed by atoms with E-state index in [4.69, 9.17) is 4.98 Å². The van der Waals surface area contributed by atoms with Gasteiger partial charge in [0.15, 0.2) is 0 Å². The Balaban J connectivity index is 1.53. The number of hydrogen-bond acceptors (Lipinski definition) is 5. The molecule has 4 heterocycles. The fraction of sp³-hybridized carbons (Fsp3) is 0.458. The molecule has 1 saturated heterocycles. The van der Waals surface area contributed by atoms with E-state index in [-0.39, 0.29) is 23.0 Å². The van der Waals surface area contributed by atoms with Gasteiger partial charge in [0.25, 0.3) is 11.5 Å². The zero-order valence-corrected chi connectivity index (χ0v) is 18.4. The molecule has 0 bridgehead atoms. The Labute approximate surface area is 185 Å². The first-order valence-corrected chi connectivity index (χ1v) is 11.5. The topological polar surface area (TPSA) is 104 Å². The van der Waals surface area contributed by atoms with Crippen molar-refractivity contribution in [1.29, 1.82) is 0 Å². The Morgan fingerprint density at radius 3 is 2.66 bits per heavy atom. The predicted octanol–water partition coefficient (Wildman–Crippen LogP) is 2.87. The molecule has 2 fully saturated rings. The molecule has 1 aliphatic carbocycles. The van der Waals surface area contributed by atoms with E-state index in [2.05, 4.69) is 27.9 Å². The Morgan fingerprint density at radius 2 is 1.94 bits per heavy atom. The highest BCUT2D eigenvalue weighted by molar-refractivity contribution is 6.01. The smallest absolute Gasteiger partial charge is 0.263 e. The third-order valence-electron chi connectivity index (χ3n) is 7.25. The fourth-order valence-corrected chi connectivity index (χ4v) is 5.07. The molecule has 166 valence electrons. The van der Waals surface area contributed by atoms with Gasteiger partial charge in [-0.3, -0.25) is 14.2 Å². The molecule has 1 amide bonds. The third-order valence-corrected chi connectivity index (χ3v) is 7.25. The Bertz CT molecular complexity index is 1300. The predicted molar refractivity (Wildman–Crippen MR) is 124 cm³/mol. The van der Waals surface area contributed by atoms with E-state index in [0.29, 0.717) is 28.5 Å². The number of para-hydroxylation sites is 1. The fourth-order valence-electron chi connectivity index (χ4n) is 5.07. The molecule has 8 heteroatoms.